The normalized spacial score (nSPS) is 11.8. The monoisotopic (exact) mass is 606 g/mol. The van der Waals surface area contributed by atoms with Crippen molar-refractivity contribution in [3.63, 3.8) is 0 Å². The molecule has 2 aromatic carbocycles. The van der Waals surface area contributed by atoms with E-state index in [1.807, 2.05) is 0 Å². The molecule has 0 aromatic heterocycles. The summed E-state index contributed by atoms with van der Waals surface area (Å²) in [7, 11) is -3.31. The number of hydrogen-bond donors (Lipinski definition) is 0. The fourth-order valence-electron chi connectivity index (χ4n) is 2.41. The van der Waals surface area contributed by atoms with E-state index in [0.29, 0.717) is 0 Å². The van der Waals surface area contributed by atoms with Gasteiger partial charge in [-0.3, -0.25) is 0 Å². The largest absolute Gasteiger partial charge is 4.00 e. The van der Waals surface area contributed by atoms with Crippen LogP contribution < -0.4 is 33.7 Å². The molecule has 0 saturated carbocycles. The standard InChI is InChI=1S/2C13H23OSi.2ClH.Zr/c2*1-10-8-12(9-11(10)2)14-15(6,7)13(3,4)5;;;/h2*8-9H,1-7H3;2*1H;/q2*-1;;;+4/p-2. The van der Waals surface area contributed by atoms with Gasteiger partial charge in [-0.1, -0.05) is 69.2 Å². The van der Waals surface area contributed by atoms with Crippen LogP contribution in [0.2, 0.25) is 36.3 Å². The number of aryl methyl sites for hydroxylation is 4. The van der Waals surface area contributed by atoms with Crippen LogP contribution in [-0.2, 0) is 26.2 Å². The smallest absolute Gasteiger partial charge is 1.00 e. The van der Waals surface area contributed by atoms with Gasteiger partial charge in [-0.05, 0) is 47.8 Å². The predicted molar refractivity (Wildman–Crippen MR) is 139 cm³/mol. The molecule has 2 nitrogen and oxygen atoms in total. The molecule has 0 aliphatic heterocycles. The Morgan fingerprint density at radius 3 is 0.879 bits per heavy atom. The zero-order chi connectivity index (χ0) is 23.7. The average molecular weight is 609 g/mol. The third-order valence-electron chi connectivity index (χ3n) is 7.04. The van der Waals surface area contributed by atoms with Crippen molar-refractivity contribution in [1.29, 1.82) is 0 Å². The van der Waals surface area contributed by atoms with Gasteiger partial charge in [0, 0.05) is 0 Å². The fourth-order valence-corrected chi connectivity index (χ4v) is 4.43. The van der Waals surface area contributed by atoms with Crippen molar-refractivity contribution in [3.8, 4) is 11.5 Å². The first-order chi connectivity index (χ1) is 13.3. The molecule has 0 bridgehead atoms. The minimum atomic E-state index is -1.66. The number of rotatable bonds is 4. The van der Waals surface area contributed by atoms with Gasteiger partial charge in [0.15, 0.2) is 0 Å². The van der Waals surface area contributed by atoms with E-state index in [-0.39, 0.29) is 61.1 Å². The summed E-state index contributed by atoms with van der Waals surface area (Å²) in [5.74, 6) is 2.10. The van der Waals surface area contributed by atoms with Crippen LogP contribution in [0.5, 0.6) is 11.5 Å². The van der Waals surface area contributed by atoms with Crippen LogP contribution in [0.1, 0.15) is 63.8 Å². The van der Waals surface area contributed by atoms with Gasteiger partial charge in [0.05, 0.1) is 0 Å². The Labute approximate surface area is 238 Å². The Morgan fingerprint density at radius 1 is 0.545 bits per heavy atom. The van der Waals surface area contributed by atoms with Crippen molar-refractivity contribution >= 4 is 16.6 Å². The molecule has 0 aliphatic carbocycles. The number of hydrogen-bond acceptors (Lipinski definition) is 2. The van der Waals surface area contributed by atoms with Crippen LogP contribution in [0.15, 0.2) is 24.3 Å². The molecule has 0 N–H and O–H groups in total. The van der Waals surface area contributed by atoms with Gasteiger partial charge in [-0.2, -0.15) is 22.3 Å². The molecule has 0 spiro atoms. The molecule has 0 radical (unpaired) electrons. The van der Waals surface area contributed by atoms with E-state index in [2.05, 4.69) is 120 Å². The summed E-state index contributed by atoms with van der Waals surface area (Å²) in [5, 5.41) is 0.540. The fraction of sp³-hybridized carbons (Fsp3) is 0.615. The van der Waals surface area contributed by atoms with Gasteiger partial charge in [0.25, 0.3) is 0 Å². The Kier molecular flexibility index (Phi) is 15.4. The third kappa shape index (κ3) is 10.8. The van der Waals surface area contributed by atoms with Crippen LogP contribution in [0, 0.1) is 27.7 Å². The minimum absolute atomic E-state index is 0. The molecule has 0 unspecified atom stereocenters. The Morgan fingerprint density at radius 2 is 0.727 bits per heavy atom. The maximum atomic E-state index is 6.21. The van der Waals surface area contributed by atoms with E-state index < -0.39 is 16.6 Å². The summed E-state index contributed by atoms with van der Waals surface area (Å²) in [6.07, 6.45) is 0. The van der Waals surface area contributed by atoms with Gasteiger partial charge in [0.1, 0.15) is 0 Å². The van der Waals surface area contributed by atoms with Gasteiger partial charge in [0.2, 0.25) is 16.6 Å². The zero-order valence-electron chi connectivity index (χ0n) is 23.4. The van der Waals surface area contributed by atoms with Crippen molar-refractivity contribution < 1.29 is 59.9 Å². The van der Waals surface area contributed by atoms with E-state index >= 15 is 0 Å². The second-order valence-electron chi connectivity index (χ2n) is 11.8. The predicted octanol–water partition coefficient (Wildman–Crippen LogP) is 2.82. The first-order valence-corrected chi connectivity index (χ1v) is 16.9. The van der Waals surface area contributed by atoms with Crippen LogP contribution in [-0.4, -0.2) is 16.6 Å². The molecule has 0 aliphatic rings. The molecule has 33 heavy (non-hydrogen) atoms. The van der Waals surface area contributed by atoms with Crippen molar-refractivity contribution in [2.24, 2.45) is 0 Å². The Balaban J connectivity index is -0.000000500. The van der Waals surface area contributed by atoms with Crippen molar-refractivity contribution in [1.82, 2.24) is 0 Å². The van der Waals surface area contributed by atoms with Gasteiger partial charge < -0.3 is 33.7 Å². The van der Waals surface area contributed by atoms with Crippen molar-refractivity contribution in [2.75, 3.05) is 0 Å². The summed E-state index contributed by atoms with van der Waals surface area (Å²) < 4.78 is 12.4. The van der Waals surface area contributed by atoms with Crippen molar-refractivity contribution in [2.45, 2.75) is 106 Å². The molecule has 0 saturated heterocycles. The molecule has 2 rings (SSSR count). The second kappa shape index (κ2) is 13.5. The van der Waals surface area contributed by atoms with Crippen LogP contribution in [0.4, 0.5) is 0 Å². The molecule has 188 valence electrons. The van der Waals surface area contributed by atoms with Gasteiger partial charge in [-0.15, -0.1) is 24.3 Å². The summed E-state index contributed by atoms with van der Waals surface area (Å²) in [6.45, 7) is 31.3. The van der Waals surface area contributed by atoms with Gasteiger partial charge >= 0.3 is 26.2 Å². The first-order valence-electron chi connectivity index (χ1n) is 11.1. The van der Waals surface area contributed by atoms with E-state index in [9.17, 15) is 0 Å². The average Bonchev–Trinajstić information content (AvgIpc) is 2.98. The van der Waals surface area contributed by atoms with E-state index in [1.54, 1.807) is 0 Å². The quantitative estimate of drug-likeness (QED) is 0.393. The Bertz CT molecular complexity index is 732. The maximum absolute atomic E-state index is 6.21. The maximum Gasteiger partial charge on any atom is 4.00 e. The molecule has 0 amide bonds. The molecule has 2 aromatic rings. The van der Waals surface area contributed by atoms with E-state index in [4.69, 9.17) is 8.85 Å². The van der Waals surface area contributed by atoms with E-state index in [0.717, 1.165) is 11.5 Å². The molecular weight excluding hydrogens is 563 g/mol. The SMILES string of the molecule is Cc1c[c-](O[Si](C)(C)C(C)(C)C)cc1C.Cc1c[c-](O[Si](C)(C)C(C)(C)C)cc1C.[Cl-].[Cl-].[Zr+4]. The molecular formula is C26H46Cl2O2Si2Zr. The van der Waals surface area contributed by atoms with Crippen LogP contribution in [0.25, 0.3) is 0 Å². The molecule has 0 fully saturated rings. The van der Waals surface area contributed by atoms with Gasteiger partial charge in [-0.25, -0.2) is 0 Å². The zero-order valence-corrected chi connectivity index (χ0v) is 29.4. The van der Waals surface area contributed by atoms with Crippen molar-refractivity contribution in [3.05, 3.63) is 46.5 Å². The van der Waals surface area contributed by atoms with E-state index in [1.165, 1.54) is 22.3 Å². The molecule has 0 heterocycles. The summed E-state index contributed by atoms with van der Waals surface area (Å²) in [5.41, 5.74) is 5.29. The molecule has 7 heteroatoms. The van der Waals surface area contributed by atoms with Crippen LogP contribution in [0.3, 0.4) is 0 Å². The van der Waals surface area contributed by atoms with Crippen LogP contribution >= 0.6 is 0 Å². The summed E-state index contributed by atoms with van der Waals surface area (Å²) >= 11 is 0. The Hall–Kier alpha value is 0.197. The summed E-state index contributed by atoms with van der Waals surface area (Å²) in [4.78, 5) is 0. The first kappa shape index (κ1) is 37.7. The number of halogens is 2. The molecule has 0 atom stereocenters. The topological polar surface area (TPSA) is 18.5 Å². The summed E-state index contributed by atoms with van der Waals surface area (Å²) in [6, 6.07) is 8.59. The minimum Gasteiger partial charge on any atom is -1.00 e. The second-order valence-corrected chi connectivity index (χ2v) is 21.3. The third-order valence-corrected chi connectivity index (χ3v) is 15.8.